The van der Waals surface area contributed by atoms with Gasteiger partial charge in [0.05, 0.1) is 6.10 Å². The first-order valence-corrected chi connectivity index (χ1v) is 7.38. The van der Waals surface area contributed by atoms with Crippen molar-refractivity contribution in [2.45, 2.75) is 45.3 Å². The molecular formula is C16H24N2O2. The zero-order chi connectivity index (χ0) is 14.4. The minimum Gasteiger partial charge on any atom is -0.368 e. The zero-order valence-corrected chi connectivity index (χ0v) is 12.1. The van der Waals surface area contributed by atoms with Gasteiger partial charge < -0.3 is 15.8 Å². The maximum atomic E-state index is 11.8. The van der Waals surface area contributed by atoms with E-state index >= 15 is 0 Å². The van der Waals surface area contributed by atoms with Crippen LogP contribution in [0.3, 0.4) is 0 Å². The number of carbonyl (C=O) groups is 1. The van der Waals surface area contributed by atoms with Crippen molar-refractivity contribution in [1.29, 1.82) is 0 Å². The lowest BCUT2D eigenvalue weighted by atomic mass is 9.89. The Morgan fingerprint density at radius 3 is 2.75 bits per heavy atom. The fourth-order valence-electron chi connectivity index (χ4n) is 2.64. The van der Waals surface area contributed by atoms with E-state index < -0.39 is 0 Å². The summed E-state index contributed by atoms with van der Waals surface area (Å²) in [5.41, 5.74) is 7.37. The van der Waals surface area contributed by atoms with Crippen LogP contribution in [-0.4, -0.2) is 18.6 Å². The number of benzene rings is 1. The van der Waals surface area contributed by atoms with Crippen molar-refractivity contribution in [3.63, 3.8) is 0 Å². The van der Waals surface area contributed by atoms with Crippen LogP contribution in [0, 0.1) is 5.92 Å². The summed E-state index contributed by atoms with van der Waals surface area (Å²) in [6.07, 6.45) is 4.86. The van der Waals surface area contributed by atoms with E-state index in [-0.39, 0.29) is 18.6 Å². The molecule has 1 fully saturated rings. The number of nitrogens with two attached hydrogens (primary N) is 1. The highest BCUT2D eigenvalue weighted by Gasteiger charge is 2.20. The quantitative estimate of drug-likeness (QED) is 0.869. The van der Waals surface area contributed by atoms with E-state index in [1.165, 1.54) is 12.8 Å². The van der Waals surface area contributed by atoms with Gasteiger partial charge in [0.15, 0.2) is 0 Å². The van der Waals surface area contributed by atoms with Gasteiger partial charge >= 0.3 is 0 Å². The second-order valence-corrected chi connectivity index (χ2v) is 5.65. The predicted octanol–water partition coefficient (Wildman–Crippen LogP) is 2.68. The smallest absolute Gasteiger partial charge is 0.250 e. The molecule has 0 aromatic heterocycles. The lowest BCUT2D eigenvalue weighted by Gasteiger charge is -2.26. The van der Waals surface area contributed by atoms with Crippen LogP contribution >= 0.6 is 0 Å². The molecular weight excluding hydrogens is 252 g/mol. The average molecular weight is 276 g/mol. The van der Waals surface area contributed by atoms with Crippen LogP contribution in [0.25, 0.3) is 0 Å². The molecule has 2 unspecified atom stereocenters. The number of amides is 1. The van der Waals surface area contributed by atoms with Crippen LogP contribution in [-0.2, 0) is 16.1 Å². The summed E-state index contributed by atoms with van der Waals surface area (Å²) in [5, 5.41) is 2.84. The van der Waals surface area contributed by atoms with Crippen molar-refractivity contribution in [3.8, 4) is 0 Å². The number of carbonyl (C=O) groups excluding carboxylic acids is 1. The molecule has 1 aromatic carbocycles. The van der Waals surface area contributed by atoms with Crippen molar-refractivity contribution >= 4 is 11.6 Å². The highest BCUT2D eigenvalue weighted by molar-refractivity contribution is 5.91. The Balaban J connectivity index is 1.74. The third-order valence-electron chi connectivity index (χ3n) is 3.81. The Morgan fingerprint density at radius 2 is 2.10 bits per heavy atom. The third kappa shape index (κ3) is 4.62. The van der Waals surface area contributed by atoms with E-state index in [9.17, 15) is 4.79 Å². The standard InChI is InChI=1S/C16H24N2O2/c1-12-3-2-4-15(9-12)20-11-16(19)18-14-7-5-13(10-17)6-8-14/h5-8,12,15H,2-4,9-11,17H2,1H3,(H,18,19). The van der Waals surface area contributed by atoms with Crippen molar-refractivity contribution in [3.05, 3.63) is 29.8 Å². The fraction of sp³-hybridized carbons (Fsp3) is 0.562. The van der Waals surface area contributed by atoms with Crippen LogP contribution in [0.5, 0.6) is 0 Å². The van der Waals surface area contributed by atoms with Crippen molar-refractivity contribution < 1.29 is 9.53 Å². The predicted molar refractivity (Wildman–Crippen MR) is 80.3 cm³/mol. The molecule has 0 aliphatic heterocycles. The van der Waals surface area contributed by atoms with Crippen LogP contribution in [0.1, 0.15) is 38.2 Å². The molecule has 1 aliphatic rings. The zero-order valence-electron chi connectivity index (χ0n) is 12.1. The van der Waals surface area contributed by atoms with E-state index in [2.05, 4.69) is 12.2 Å². The molecule has 1 aromatic rings. The van der Waals surface area contributed by atoms with Gasteiger partial charge in [-0.05, 0) is 36.5 Å². The number of rotatable bonds is 5. The van der Waals surface area contributed by atoms with Gasteiger partial charge in [-0.3, -0.25) is 4.79 Å². The molecule has 2 atom stereocenters. The topological polar surface area (TPSA) is 64.3 Å². The molecule has 3 N–H and O–H groups in total. The highest BCUT2D eigenvalue weighted by Crippen LogP contribution is 2.25. The van der Waals surface area contributed by atoms with Crippen molar-refractivity contribution in [2.24, 2.45) is 11.7 Å². The van der Waals surface area contributed by atoms with Crippen LogP contribution in [0.2, 0.25) is 0 Å². The van der Waals surface area contributed by atoms with Crippen LogP contribution in [0.4, 0.5) is 5.69 Å². The summed E-state index contributed by atoms with van der Waals surface area (Å²) in [7, 11) is 0. The second-order valence-electron chi connectivity index (χ2n) is 5.65. The molecule has 0 saturated heterocycles. The summed E-state index contributed by atoms with van der Waals surface area (Å²) >= 11 is 0. The summed E-state index contributed by atoms with van der Waals surface area (Å²) < 4.78 is 5.70. The van der Waals surface area contributed by atoms with Crippen molar-refractivity contribution in [2.75, 3.05) is 11.9 Å². The molecule has 4 nitrogen and oxygen atoms in total. The van der Waals surface area contributed by atoms with Crippen LogP contribution in [0.15, 0.2) is 24.3 Å². The molecule has 4 heteroatoms. The van der Waals surface area contributed by atoms with Gasteiger partial charge in [0.1, 0.15) is 6.61 Å². The molecule has 1 saturated carbocycles. The average Bonchev–Trinajstić information content (AvgIpc) is 2.46. The molecule has 110 valence electrons. The van der Waals surface area contributed by atoms with E-state index in [4.69, 9.17) is 10.5 Å². The molecule has 1 amide bonds. The van der Waals surface area contributed by atoms with E-state index in [0.29, 0.717) is 12.5 Å². The Labute approximate surface area is 120 Å². The monoisotopic (exact) mass is 276 g/mol. The highest BCUT2D eigenvalue weighted by atomic mass is 16.5. The first-order chi connectivity index (χ1) is 9.67. The molecule has 1 aliphatic carbocycles. The van der Waals surface area contributed by atoms with E-state index in [0.717, 1.165) is 24.1 Å². The van der Waals surface area contributed by atoms with E-state index in [1.54, 1.807) is 0 Å². The molecule has 20 heavy (non-hydrogen) atoms. The maximum absolute atomic E-state index is 11.8. The number of nitrogens with one attached hydrogen (secondary N) is 1. The number of hydrogen-bond acceptors (Lipinski definition) is 3. The molecule has 0 spiro atoms. The van der Waals surface area contributed by atoms with Gasteiger partial charge in [-0.1, -0.05) is 31.9 Å². The van der Waals surface area contributed by atoms with Gasteiger partial charge in [-0.15, -0.1) is 0 Å². The minimum absolute atomic E-state index is 0.0938. The normalized spacial score (nSPS) is 22.5. The van der Waals surface area contributed by atoms with Crippen molar-refractivity contribution in [1.82, 2.24) is 0 Å². The van der Waals surface area contributed by atoms with Gasteiger partial charge in [-0.2, -0.15) is 0 Å². The summed E-state index contributed by atoms with van der Waals surface area (Å²) in [6.45, 7) is 2.89. The Morgan fingerprint density at radius 1 is 1.35 bits per heavy atom. The SMILES string of the molecule is CC1CCCC(OCC(=O)Nc2ccc(CN)cc2)C1. The first-order valence-electron chi connectivity index (χ1n) is 7.38. The maximum Gasteiger partial charge on any atom is 0.250 e. The lowest BCUT2D eigenvalue weighted by Crippen LogP contribution is -2.26. The Bertz CT molecular complexity index is 431. The number of anilines is 1. The molecule has 0 bridgehead atoms. The van der Waals surface area contributed by atoms with Gasteiger partial charge in [0, 0.05) is 12.2 Å². The van der Waals surface area contributed by atoms with Gasteiger partial charge in [0.2, 0.25) is 5.91 Å². The van der Waals surface area contributed by atoms with Gasteiger partial charge in [-0.25, -0.2) is 0 Å². The molecule has 0 heterocycles. The molecule has 2 rings (SSSR count). The minimum atomic E-state index is -0.0938. The lowest BCUT2D eigenvalue weighted by molar-refractivity contribution is -0.123. The largest absolute Gasteiger partial charge is 0.368 e. The Kier molecular flexibility index (Phi) is 5.56. The first kappa shape index (κ1) is 15.0. The fourth-order valence-corrected chi connectivity index (χ4v) is 2.64. The summed E-state index contributed by atoms with van der Waals surface area (Å²) in [4.78, 5) is 11.8. The molecule has 0 radical (unpaired) electrons. The Hall–Kier alpha value is -1.39. The number of hydrogen-bond donors (Lipinski definition) is 2. The van der Waals surface area contributed by atoms with Crippen LogP contribution < -0.4 is 11.1 Å². The summed E-state index contributed by atoms with van der Waals surface area (Å²) in [6, 6.07) is 7.56. The van der Waals surface area contributed by atoms with Gasteiger partial charge in [0.25, 0.3) is 0 Å². The van der Waals surface area contributed by atoms with E-state index in [1.807, 2.05) is 24.3 Å². The second kappa shape index (κ2) is 7.41. The number of ether oxygens (including phenoxy) is 1. The summed E-state index contributed by atoms with van der Waals surface area (Å²) in [5.74, 6) is 0.615. The third-order valence-corrected chi connectivity index (χ3v) is 3.81.